The second kappa shape index (κ2) is 9.67. The summed E-state index contributed by atoms with van der Waals surface area (Å²) < 4.78 is 10.9. The van der Waals surface area contributed by atoms with Crippen molar-refractivity contribution in [2.24, 2.45) is 5.10 Å². The average molecular weight is 482 g/mol. The van der Waals surface area contributed by atoms with E-state index in [2.05, 4.69) is 28.5 Å². The Labute approximate surface area is 202 Å². The van der Waals surface area contributed by atoms with Gasteiger partial charge in [-0.05, 0) is 60.0 Å². The maximum Gasteiger partial charge on any atom is 0.257 e. The van der Waals surface area contributed by atoms with Crippen molar-refractivity contribution in [3.63, 3.8) is 0 Å². The van der Waals surface area contributed by atoms with Gasteiger partial charge in [-0.3, -0.25) is 9.69 Å². The fraction of sp³-hybridized carbons (Fsp3) is 0.360. The van der Waals surface area contributed by atoms with Crippen LogP contribution in [0.1, 0.15) is 46.7 Å². The van der Waals surface area contributed by atoms with Crippen LogP contribution in [0.5, 0.6) is 11.5 Å². The van der Waals surface area contributed by atoms with E-state index < -0.39 is 0 Å². The van der Waals surface area contributed by atoms with Crippen LogP contribution in [-0.2, 0) is 4.79 Å². The summed E-state index contributed by atoms with van der Waals surface area (Å²) in [5.41, 5.74) is 1.95. The molecule has 2 aromatic heterocycles. The quantitative estimate of drug-likeness (QED) is 0.457. The first kappa shape index (κ1) is 22.1. The minimum absolute atomic E-state index is 0.0322. The van der Waals surface area contributed by atoms with E-state index in [0.29, 0.717) is 30.5 Å². The zero-order valence-electron chi connectivity index (χ0n) is 18.8. The van der Waals surface area contributed by atoms with Crippen LogP contribution in [0.3, 0.4) is 0 Å². The van der Waals surface area contributed by atoms with Crippen molar-refractivity contribution in [3.8, 4) is 11.5 Å². The Morgan fingerprint density at radius 3 is 2.61 bits per heavy atom. The number of methoxy groups -OCH3 is 2. The van der Waals surface area contributed by atoms with E-state index in [4.69, 9.17) is 14.6 Å². The third-order valence-corrected chi connectivity index (χ3v) is 8.23. The molecular formula is C25H27N3O3S2. The lowest BCUT2D eigenvalue weighted by Gasteiger charge is -2.27. The van der Waals surface area contributed by atoms with Crippen molar-refractivity contribution < 1.29 is 14.3 Å². The van der Waals surface area contributed by atoms with E-state index in [-0.39, 0.29) is 11.9 Å². The number of thiophene rings is 2. The van der Waals surface area contributed by atoms with Crippen LogP contribution in [0.4, 0.5) is 0 Å². The number of ether oxygens (including phenoxy) is 2. The first-order valence-corrected chi connectivity index (χ1v) is 12.9. The molecule has 6 nitrogen and oxygen atoms in total. The van der Waals surface area contributed by atoms with Crippen molar-refractivity contribution in [1.29, 1.82) is 0 Å². The summed E-state index contributed by atoms with van der Waals surface area (Å²) in [6, 6.07) is 14.4. The molecule has 2 aliphatic heterocycles. The number of carbonyl (C=O) groups excluding carboxylic acids is 1. The number of nitrogens with zero attached hydrogens (tertiary/aromatic N) is 3. The molecule has 33 heavy (non-hydrogen) atoms. The van der Waals surface area contributed by atoms with Gasteiger partial charge in [-0.2, -0.15) is 5.10 Å². The summed E-state index contributed by atoms with van der Waals surface area (Å²) in [6.45, 7) is 1.30. The number of likely N-dealkylation sites (tertiary alicyclic amines) is 1. The Kier molecular flexibility index (Phi) is 6.48. The highest BCUT2D eigenvalue weighted by Gasteiger charge is 2.36. The maximum atomic E-state index is 13.6. The molecule has 2 aliphatic rings. The number of hydrogen-bond donors (Lipinski definition) is 0. The van der Waals surface area contributed by atoms with E-state index in [1.54, 1.807) is 41.9 Å². The van der Waals surface area contributed by atoms with Crippen molar-refractivity contribution in [3.05, 3.63) is 68.5 Å². The predicted octanol–water partition coefficient (Wildman–Crippen LogP) is 5.34. The summed E-state index contributed by atoms with van der Waals surface area (Å²) in [5.74, 6) is 1.36. The SMILES string of the molecule is COc1ccc(C2CC(c3cccs3)=NN2C(=O)CN2CCCC2c2cccs2)cc1OC. The first-order chi connectivity index (χ1) is 16.2. The standard InChI is InChI=1S/C25H27N3O3S2/c1-30-21-10-9-17(14-22(21)31-2)20-15-18(23-7-4-12-32-23)26-28(20)25(29)16-27-11-3-6-19(27)24-8-5-13-33-24/h4-5,7-10,12-14,19-20H,3,6,11,15-16H2,1-2H3. The van der Waals surface area contributed by atoms with E-state index in [1.807, 2.05) is 29.6 Å². The summed E-state index contributed by atoms with van der Waals surface area (Å²) in [6.07, 6.45) is 2.88. The molecule has 2 unspecified atom stereocenters. The van der Waals surface area contributed by atoms with Gasteiger partial charge in [0.15, 0.2) is 11.5 Å². The first-order valence-electron chi connectivity index (χ1n) is 11.1. The zero-order valence-corrected chi connectivity index (χ0v) is 20.4. The molecule has 5 rings (SSSR count). The number of amides is 1. The largest absolute Gasteiger partial charge is 0.493 e. The Morgan fingerprint density at radius 2 is 1.88 bits per heavy atom. The highest BCUT2D eigenvalue weighted by molar-refractivity contribution is 7.12. The second-order valence-electron chi connectivity index (χ2n) is 8.24. The molecule has 1 amide bonds. The minimum Gasteiger partial charge on any atom is -0.493 e. The van der Waals surface area contributed by atoms with Crippen LogP contribution in [0.25, 0.3) is 0 Å². The average Bonchev–Trinajstić information content (AvgIpc) is 3.63. The molecule has 0 saturated carbocycles. The fourth-order valence-electron chi connectivity index (χ4n) is 4.72. The van der Waals surface area contributed by atoms with Crippen molar-refractivity contribution in [2.45, 2.75) is 31.3 Å². The molecule has 172 valence electrons. The minimum atomic E-state index is -0.169. The number of hydrazone groups is 1. The van der Waals surface area contributed by atoms with Crippen molar-refractivity contribution >= 4 is 34.3 Å². The van der Waals surface area contributed by atoms with Gasteiger partial charge in [-0.25, -0.2) is 5.01 Å². The van der Waals surface area contributed by atoms with E-state index >= 15 is 0 Å². The number of carbonyl (C=O) groups is 1. The van der Waals surface area contributed by atoms with Crippen LogP contribution in [0, 0.1) is 0 Å². The molecule has 8 heteroatoms. The number of hydrogen-bond acceptors (Lipinski definition) is 7. The van der Waals surface area contributed by atoms with Crippen LogP contribution in [-0.4, -0.2) is 48.8 Å². The predicted molar refractivity (Wildman–Crippen MR) is 132 cm³/mol. The monoisotopic (exact) mass is 481 g/mol. The van der Waals surface area contributed by atoms with Crippen LogP contribution < -0.4 is 9.47 Å². The molecule has 1 fully saturated rings. The molecule has 0 N–H and O–H groups in total. The van der Waals surface area contributed by atoms with Gasteiger partial charge in [0.2, 0.25) is 0 Å². The highest BCUT2D eigenvalue weighted by Crippen LogP contribution is 2.39. The van der Waals surface area contributed by atoms with Gasteiger partial charge in [-0.15, -0.1) is 22.7 Å². The van der Waals surface area contributed by atoms with Gasteiger partial charge in [-0.1, -0.05) is 18.2 Å². The lowest BCUT2D eigenvalue weighted by atomic mass is 10.0. The second-order valence-corrected chi connectivity index (χ2v) is 10.2. The van der Waals surface area contributed by atoms with E-state index in [1.165, 1.54) is 4.88 Å². The van der Waals surface area contributed by atoms with Crippen LogP contribution in [0.2, 0.25) is 0 Å². The van der Waals surface area contributed by atoms with Gasteiger partial charge in [0, 0.05) is 17.3 Å². The van der Waals surface area contributed by atoms with Crippen LogP contribution in [0.15, 0.2) is 58.3 Å². The molecular weight excluding hydrogens is 454 g/mol. The van der Waals surface area contributed by atoms with Crippen LogP contribution >= 0.6 is 22.7 Å². The van der Waals surface area contributed by atoms with E-state index in [0.717, 1.165) is 35.5 Å². The lowest BCUT2D eigenvalue weighted by Crippen LogP contribution is -2.37. The van der Waals surface area contributed by atoms with Gasteiger partial charge in [0.25, 0.3) is 5.91 Å². The third kappa shape index (κ3) is 4.43. The summed E-state index contributed by atoms with van der Waals surface area (Å²) in [7, 11) is 3.26. The summed E-state index contributed by atoms with van der Waals surface area (Å²) >= 11 is 3.42. The molecule has 1 saturated heterocycles. The number of rotatable bonds is 7. The smallest absolute Gasteiger partial charge is 0.257 e. The Bertz CT molecular complexity index is 1130. The Morgan fingerprint density at radius 1 is 1.06 bits per heavy atom. The maximum absolute atomic E-state index is 13.6. The van der Waals surface area contributed by atoms with E-state index in [9.17, 15) is 4.79 Å². The topological polar surface area (TPSA) is 54.4 Å². The third-order valence-electron chi connectivity index (χ3n) is 6.34. The Hall–Kier alpha value is -2.68. The molecule has 2 atom stereocenters. The Balaban J connectivity index is 1.42. The van der Waals surface area contributed by atoms with Gasteiger partial charge in [0.05, 0.1) is 37.4 Å². The molecule has 0 spiro atoms. The van der Waals surface area contributed by atoms with Gasteiger partial charge < -0.3 is 9.47 Å². The zero-order chi connectivity index (χ0) is 22.8. The van der Waals surface area contributed by atoms with Crippen molar-refractivity contribution in [2.75, 3.05) is 27.3 Å². The lowest BCUT2D eigenvalue weighted by molar-refractivity contribution is -0.134. The van der Waals surface area contributed by atoms with Gasteiger partial charge >= 0.3 is 0 Å². The molecule has 0 radical (unpaired) electrons. The summed E-state index contributed by atoms with van der Waals surface area (Å²) in [5, 5.41) is 10.7. The molecule has 4 heterocycles. The fourth-order valence-corrected chi connectivity index (χ4v) is 6.33. The molecule has 0 aliphatic carbocycles. The normalized spacial score (nSPS) is 20.8. The number of benzene rings is 1. The molecule has 3 aromatic rings. The van der Waals surface area contributed by atoms with Gasteiger partial charge in [0.1, 0.15) is 0 Å². The highest BCUT2D eigenvalue weighted by atomic mass is 32.1. The summed E-state index contributed by atoms with van der Waals surface area (Å²) in [4.78, 5) is 18.4. The van der Waals surface area contributed by atoms with Crippen molar-refractivity contribution in [1.82, 2.24) is 9.91 Å². The molecule has 1 aromatic carbocycles. The molecule has 0 bridgehead atoms.